The maximum absolute atomic E-state index is 13.2. The van der Waals surface area contributed by atoms with E-state index in [1.807, 2.05) is 0 Å². The van der Waals surface area contributed by atoms with Crippen LogP contribution in [0.4, 0.5) is 26.3 Å². The first-order chi connectivity index (χ1) is 10.9. The molecule has 0 amide bonds. The molecule has 130 valence electrons. The minimum atomic E-state index is -5.74. The first kappa shape index (κ1) is 18.3. The maximum Gasteiger partial charge on any atom is 0.458 e. The Bertz CT molecular complexity index is 809. The summed E-state index contributed by atoms with van der Waals surface area (Å²) in [6.07, 6.45) is -5.74. The van der Waals surface area contributed by atoms with Crippen LogP contribution in [-0.2, 0) is 21.5 Å². The fourth-order valence-corrected chi connectivity index (χ4v) is 3.27. The van der Waals surface area contributed by atoms with Gasteiger partial charge in [0.1, 0.15) is 5.82 Å². The van der Waals surface area contributed by atoms with Crippen LogP contribution in [-0.4, -0.2) is 14.6 Å². The number of halogens is 6. The third-order valence-corrected chi connectivity index (χ3v) is 4.91. The summed E-state index contributed by atoms with van der Waals surface area (Å²) in [5.41, 5.74) is -1.25. The van der Waals surface area contributed by atoms with E-state index < -0.39 is 39.1 Å². The molecule has 0 radical (unpaired) electrons. The summed E-state index contributed by atoms with van der Waals surface area (Å²) in [4.78, 5) is -0.186. The zero-order valence-corrected chi connectivity index (χ0v) is 12.6. The lowest BCUT2D eigenvalue weighted by atomic mass is 10.1. The molecule has 0 saturated heterocycles. The molecule has 2 rings (SSSR count). The second-order valence-corrected chi connectivity index (χ2v) is 6.97. The Kier molecular flexibility index (Phi) is 4.67. The van der Waals surface area contributed by atoms with Crippen molar-refractivity contribution in [2.24, 2.45) is 0 Å². The summed E-state index contributed by atoms with van der Waals surface area (Å²) in [7, 11) is -3.88. The predicted molar refractivity (Wildman–Crippen MR) is 73.7 cm³/mol. The van der Waals surface area contributed by atoms with E-state index in [1.54, 1.807) is 0 Å². The lowest BCUT2D eigenvalue weighted by molar-refractivity contribution is -0.289. The van der Waals surface area contributed by atoms with Gasteiger partial charge < -0.3 is 0 Å². The van der Waals surface area contributed by atoms with Crippen LogP contribution in [0.15, 0.2) is 53.4 Å². The molecule has 2 aromatic rings. The number of sulfone groups is 1. The first-order valence-corrected chi connectivity index (χ1v) is 8.11. The molecule has 0 atom stereocenters. The Morgan fingerprint density at radius 1 is 0.792 bits per heavy atom. The van der Waals surface area contributed by atoms with Crippen molar-refractivity contribution in [3.05, 3.63) is 65.5 Å². The van der Waals surface area contributed by atoms with Gasteiger partial charge in [0, 0.05) is 5.56 Å². The molecule has 2 nitrogen and oxygen atoms in total. The summed E-state index contributed by atoms with van der Waals surface area (Å²) < 4.78 is 100. The van der Waals surface area contributed by atoms with E-state index in [-0.39, 0.29) is 10.5 Å². The van der Waals surface area contributed by atoms with Gasteiger partial charge in [0.25, 0.3) is 0 Å². The van der Waals surface area contributed by atoms with Crippen LogP contribution in [0.5, 0.6) is 0 Å². The highest BCUT2D eigenvalue weighted by Crippen LogP contribution is 2.43. The fourth-order valence-electron chi connectivity index (χ4n) is 1.92. The molecular weight excluding hydrogens is 358 g/mol. The van der Waals surface area contributed by atoms with E-state index in [0.717, 1.165) is 36.4 Å². The highest BCUT2D eigenvalue weighted by Gasteiger charge is 2.58. The standard InChI is InChI=1S/C15H10F6O2S/c16-12-5-7-13(8-6-12)24(22,23)9-10-1-3-11(4-2-10)14(17,18)15(19,20)21/h1-8H,9H2. The second-order valence-electron chi connectivity index (χ2n) is 4.98. The molecule has 0 aliphatic heterocycles. The Morgan fingerprint density at radius 2 is 1.29 bits per heavy atom. The minimum absolute atomic E-state index is 0.0287. The summed E-state index contributed by atoms with van der Waals surface area (Å²) in [5.74, 6) is -6.27. The summed E-state index contributed by atoms with van der Waals surface area (Å²) in [6, 6.07) is 6.80. The van der Waals surface area contributed by atoms with Crippen molar-refractivity contribution in [1.82, 2.24) is 0 Å². The molecule has 0 unspecified atom stereocenters. The van der Waals surface area contributed by atoms with Crippen LogP contribution in [0.25, 0.3) is 0 Å². The number of hydrogen-bond acceptors (Lipinski definition) is 2. The van der Waals surface area contributed by atoms with Gasteiger partial charge in [-0.05, 0) is 29.8 Å². The van der Waals surface area contributed by atoms with Gasteiger partial charge in [-0.1, -0.05) is 24.3 Å². The highest BCUT2D eigenvalue weighted by atomic mass is 32.2. The van der Waals surface area contributed by atoms with Crippen molar-refractivity contribution in [1.29, 1.82) is 0 Å². The Hall–Kier alpha value is -2.03. The van der Waals surface area contributed by atoms with Crippen molar-refractivity contribution >= 4 is 9.84 Å². The van der Waals surface area contributed by atoms with Crippen molar-refractivity contribution in [2.45, 2.75) is 22.7 Å². The second kappa shape index (κ2) is 6.12. The lowest BCUT2D eigenvalue weighted by Crippen LogP contribution is -2.33. The van der Waals surface area contributed by atoms with Gasteiger partial charge in [0.15, 0.2) is 9.84 Å². The largest absolute Gasteiger partial charge is 0.458 e. The first-order valence-electron chi connectivity index (χ1n) is 6.46. The summed E-state index contributed by atoms with van der Waals surface area (Å²) in [5, 5.41) is 0. The van der Waals surface area contributed by atoms with Gasteiger partial charge in [-0.15, -0.1) is 0 Å². The molecule has 0 bridgehead atoms. The predicted octanol–water partition coefficient (Wildman–Crippen LogP) is 4.45. The van der Waals surface area contributed by atoms with Crippen molar-refractivity contribution in [2.75, 3.05) is 0 Å². The van der Waals surface area contributed by atoms with E-state index in [0.29, 0.717) is 12.1 Å². The van der Waals surface area contributed by atoms with E-state index in [4.69, 9.17) is 0 Å². The minimum Gasteiger partial charge on any atom is -0.223 e. The zero-order valence-electron chi connectivity index (χ0n) is 11.8. The smallest absolute Gasteiger partial charge is 0.223 e. The summed E-state index contributed by atoms with van der Waals surface area (Å²) in [6.45, 7) is 0. The highest BCUT2D eigenvalue weighted by molar-refractivity contribution is 7.90. The van der Waals surface area contributed by atoms with E-state index in [9.17, 15) is 34.8 Å². The van der Waals surface area contributed by atoms with Crippen molar-refractivity contribution in [3.63, 3.8) is 0 Å². The number of rotatable bonds is 4. The molecule has 0 heterocycles. The molecule has 0 aliphatic carbocycles. The van der Waals surface area contributed by atoms with Crippen LogP contribution >= 0.6 is 0 Å². The average molecular weight is 368 g/mol. The van der Waals surface area contributed by atoms with Gasteiger partial charge >= 0.3 is 12.1 Å². The van der Waals surface area contributed by atoms with Crippen molar-refractivity contribution in [3.8, 4) is 0 Å². The molecule has 0 aliphatic rings. The van der Waals surface area contributed by atoms with Gasteiger partial charge in [0.05, 0.1) is 10.6 Å². The third kappa shape index (κ3) is 3.72. The lowest BCUT2D eigenvalue weighted by Gasteiger charge is -2.20. The van der Waals surface area contributed by atoms with Crippen LogP contribution in [0.3, 0.4) is 0 Å². The van der Waals surface area contributed by atoms with E-state index in [1.165, 1.54) is 0 Å². The number of hydrogen-bond donors (Lipinski definition) is 0. The van der Waals surface area contributed by atoms with E-state index in [2.05, 4.69) is 0 Å². The maximum atomic E-state index is 13.2. The Labute approximate surface area is 133 Å². The molecular formula is C15H10F6O2S. The zero-order chi connectivity index (χ0) is 18.2. The molecule has 2 aromatic carbocycles. The SMILES string of the molecule is O=S(=O)(Cc1ccc(C(F)(F)C(F)(F)F)cc1)c1ccc(F)cc1. The van der Waals surface area contributed by atoms with Gasteiger partial charge in [-0.25, -0.2) is 12.8 Å². The monoisotopic (exact) mass is 368 g/mol. The van der Waals surface area contributed by atoms with Crippen LogP contribution in [0, 0.1) is 5.82 Å². The van der Waals surface area contributed by atoms with Crippen LogP contribution < -0.4 is 0 Å². The molecule has 24 heavy (non-hydrogen) atoms. The van der Waals surface area contributed by atoms with Crippen LogP contribution in [0.1, 0.15) is 11.1 Å². The molecule has 9 heteroatoms. The van der Waals surface area contributed by atoms with Gasteiger partial charge in [-0.2, -0.15) is 22.0 Å². The molecule has 0 fully saturated rings. The molecule has 0 saturated carbocycles. The third-order valence-electron chi connectivity index (χ3n) is 3.20. The quantitative estimate of drug-likeness (QED) is 0.590. The van der Waals surface area contributed by atoms with Crippen molar-refractivity contribution < 1.29 is 34.8 Å². The molecule has 0 aromatic heterocycles. The fraction of sp³-hybridized carbons (Fsp3) is 0.200. The number of alkyl halides is 5. The normalized spacial score (nSPS) is 13.1. The summed E-state index contributed by atoms with van der Waals surface area (Å²) >= 11 is 0. The molecule has 0 N–H and O–H groups in total. The van der Waals surface area contributed by atoms with Gasteiger partial charge in [0.2, 0.25) is 0 Å². The van der Waals surface area contributed by atoms with Crippen LogP contribution in [0.2, 0.25) is 0 Å². The Balaban J connectivity index is 2.24. The van der Waals surface area contributed by atoms with E-state index >= 15 is 0 Å². The average Bonchev–Trinajstić information content (AvgIpc) is 2.46. The van der Waals surface area contributed by atoms with Gasteiger partial charge in [-0.3, -0.25) is 0 Å². The molecule has 0 spiro atoms. The number of benzene rings is 2. The topological polar surface area (TPSA) is 34.1 Å². The Morgan fingerprint density at radius 3 is 1.75 bits per heavy atom.